The molecular formula is C16H27N5O. The largest absolute Gasteiger partial charge is 0.385 e. The van der Waals surface area contributed by atoms with Gasteiger partial charge in [-0.05, 0) is 37.0 Å². The van der Waals surface area contributed by atoms with E-state index in [9.17, 15) is 0 Å². The Kier molecular flexibility index (Phi) is 6.96. The molecule has 0 atom stereocenters. The molecule has 0 unspecified atom stereocenters. The van der Waals surface area contributed by atoms with Crippen molar-refractivity contribution < 1.29 is 4.74 Å². The molecule has 0 saturated carbocycles. The van der Waals surface area contributed by atoms with Crippen molar-refractivity contribution in [2.75, 3.05) is 45.3 Å². The SMILES string of the molecule is CN=C(NCCCOC)NCc1ccnc(N2CCCC2)c1. The third-order valence-electron chi connectivity index (χ3n) is 3.74. The number of hydrogen-bond acceptors (Lipinski definition) is 4. The van der Waals surface area contributed by atoms with Crippen molar-refractivity contribution in [3.63, 3.8) is 0 Å². The second-order valence-corrected chi connectivity index (χ2v) is 5.42. The Bertz CT molecular complexity index is 471. The van der Waals surface area contributed by atoms with Crippen LogP contribution in [0.2, 0.25) is 0 Å². The van der Waals surface area contributed by atoms with E-state index in [4.69, 9.17) is 4.74 Å². The number of anilines is 1. The van der Waals surface area contributed by atoms with Crippen molar-refractivity contribution in [2.24, 2.45) is 4.99 Å². The van der Waals surface area contributed by atoms with Crippen LogP contribution in [-0.2, 0) is 11.3 Å². The number of methoxy groups -OCH3 is 1. The number of aliphatic imine (C=N–C) groups is 1. The van der Waals surface area contributed by atoms with E-state index in [1.807, 2.05) is 12.3 Å². The van der Waals surface area contributed by atoms with Crippen LogP contribution < -0.4 is 15.5 Å². The second kappa shape index (κ2) is 9.25. The summed E-state index contributed by atoms with van der Waals surface area (Å²) in [5.41, 5.74) is 1.22. The molecule has 6 heteroatoms. The van der Waals surface area contributed by atoms with Gasteiger partial charge in [0.15, 0.2) is 5.96 Å². The maximum atomic E-state index is 5.04. The predicted octanol–water partition coefficient (Wildman–Crippen LogP) is 1.38. The Hall–Kier alpha value is -1.82. The summed E-state index contributed by atoms with van der Waals surface area (Å²) in [4.78, 5) is 11.1. The van der Waals surface area contributed by atoms with E-state index in [0.29, 0.717) is 0 Å². The molecule has 0 aromatic carbocycles. The minimum Gasteiger partial charge on any atom is -0.385 e. The second-order valence-electron chi connectivity index (χ2n) is 5.42. The highest BCUT2D eigenvalue weighted by molar-refractivity contribution is 5.79. The summed E-state index contributed by atoms with van der Waals surface area (Å²) in [6, 6.07) is 4.21. The lowest BCUT2D eigenvalue weighted by Gasteiger charge is -2.17. The average molecular weight is 305 g/mol. The summed E-state index contributed by atoms with van der Waals surface area (Å²) in [6.07, 6.45) is 5.38. The first-order chi connectivity index (χ1) is 10.8. The molecule has 1 aliphatic heterocycles. The fourth-order valence-corrected chi connectivity index (χ4v) is 2.52. The minimum atomic E-state index is 0.743. The van der Waals surface area contributed by atoms with Gasteiger partial charge in [0.25, 0.3) is 0 Å². The van der Waals surface area contributed by atoms with E-state index >= 15 is 0 Å². The van der Waals surface area contributed by atoms with E-state index in [-0.39, 0.29) is 0 Å². The summed E-state index contributed by atoms with van der Waals surface area (Å²) in [6.45, 7) is 4.59. The first-order valence-electron chi connectivity index (χ1n) is 7.97. The van der Waals surface area contributed by atoms with E-state index in [2.05, 4.69) is 31.6 Å². The molecule has 1 fully saturated rings. The average Bonchev–Trinajstić information content (AvgIpc) is 3.09. The monoisotopic (exact) mass is 305 g/mol. The third-order valence-corrected chi connectivity index (χ3v) is 3.74. The molecule has 1 aromatic heterocycles. The lowest BCUT2D eigenvalue weighted by atomic mass is 10.2. The van der Waals surface area contributed by atoms with E-state index in [1.54, 1.807) is 14.2 Å². The van der Waals surface area contributed by atoms with Crippen LogP contribution >= 0.6 is 0 Å². The fraction of sp³-hybridized carbons (Fsp3) is 0.625. The Morgan fingerprint density at radius 1 is 1.36 bits per heavy atom. The highest BCUT2D eigenvalue weighted by Crippen LogP contribution is 2.18. The highest BCUT2D eigenvalue weighted by atomic mass is 16.5. The topological polar surface area (TPSA) is 61.8 Å². The summed E-state index contributed by atoms with van der Waals surface area (Å²) in [5, 5.41) is 6.61. The zero-order chi connectivity index (χ0) is 15.6. The minimum absolute atomic E-state index is 0.743. The normalized spacial score (nSPS) is 15.2. The zero-order valence-corrected chi connectivity index (χ0v) is 13.6. The fourth-order valence-electron chi connectivity index (χ4n) is 2.52. The molecule has 2 N–H and O–H groups in total. The molecule has 122 valence electrons. The summed E-state index contributed by atoms with van der Waals surface area (Å²) in [7, 11) is 3.50. The Balaban J connectivity index is 1.81. The Labute approximate surface area is 133 Å². The van der Waals surface area contributed by atoms with Gasteiger partial charge in [-0.3, -0.25) is 4.99 Å². The van der Waals surface area contributed by atoms with Crippen molar-refractivity contribution in [3.05, 3.63) is 23.9 Å². The third kappa shape index (κ3) is 5.18. The zero-order valence-electron chi connectivity index (χ0n) is 13.6. The molecule has 2 heterocycles. The van der Waals surface area contributed by atoms with Crippen molar-refractivity contribution in [1.29, 1.82) is 0 Å². The van der Waals surface area contributed by atoms with Gasteiger partial charge >= 0.3 is 0 Å². The highest BCUT2D eigenvalue weighted by Gasteiger charge is 2.13. The number of guanidine groups is 1. The van der Waals surface area contributed by atoms with Crippen LogP contribution in [0.4, 0.5) is 5.82 Å². The van der Waals surface area contributed by atoms with Gasteiger partial charge in [-0.25, -0.2) is 4.98 Å². The van der Waals surface area contributed by atoms with Crippen LogP contribution in [0.3, 0.4) is 0 Å². The molecule has 1 saturated heterocycles. The predicted molar refractivity (Wildman–Crippen MR) is 90.4 cm³/mol. The summed E-state index contributed by atoms with van der Waals surface area (Å²) >= 11 is 0. The number of nitrogens with one attached hydrogen (secondary N) is 2. The van der Waals surface area contributed by atoms with Gasteiger partial charge in [-0.1, -0.05) is 0 Å². The van der Waals surface area contributed by atoms with Gasteiger partial charge in [-0.2, -0.15) is 0 Å². The van der Waals surface area contributed by atoms with Gasteiger partial charge < -0.3 is 20.3 Å². The molecule has 1 aromatic rings. The van der Waals surface area contributed by atoms with Gasteiger partial charge in [0, 0.05) is 53.1 Å². The van der Waals surface area contributed by atoms with E-state index in [0.717, 1.165) is 51.0 Å². The number of hydrogen-bond donors (Lipinski definition) is 2. The summed E-state index contributed by atoms with van der Waals surface area (Å²) in [5.74, 6) is 1.90. The molecule has 0 aliphatic carbocycles. The number of nitrogens with zero attached hydrogens (tertiary/aromatic N) is 3. The van der Waals surface area contributed by atoms with Gasteiger partial charge in [0.05, 0.1) is 0 Å². The van der Waals surface area contributed by atoms with Crippen LogP contribution in [0.5, 0.6) is 0 Å². The molecule has 2 rings (SSSR count). The maximum Gasteiger partial charge on any atom is 0.191 e. The molecule has 0 spiro atoms. The van der Waals surface area contributed by atoms with Gasteiger partial charge in [0.1, 0.15) is 5.82 Å². The first-order valence-corrected chi connectivity index (χ1v) is 7.97. The summed E-state index contributed by atoms with van der Waals surface area (Å²) < 4.78 is 5.04. The van der Waals surface area contributed by atoms with Crippen molar-refractivity contribution >= 4 is 11.8 Å². The number of pyridine rings is 1. The van der Waals surface area contributed by atoms with Crippen LogP contribution in [-0.4, -0.2) is 51.3 Å². The van der Waals surface area contributed by atoms with E-state index < -0.39 is 0 Å². The Morgan fingerprint density at radius 2 is 2.18 bits per heavy atom. The maximum absolute atomic E-state index is 5.04. The van der Waals surface area contributed by atoms with Crippen LogP contribution in [0.25, 0.3) is 0 Å². The number of rotatable bonds is 7. The van der Waals surface area contributed by atoms with Gasteiger partial charge in [-0.15, -0.1) is 0 Å². The number of ether oxygens (including phenoxy) is 1. The molecule has 6 nitrogen and oxygen atoms in total. The van der Waals surface area contributed by atoms with Crippen LogP contribution in [0.1, 0.15) is 24.8 Å². The lowest BCUT2D eigenvalue weighted by molar-refractivity contribution is 0.195. The van der Waals surface area contributed by atoms with Crippen LogP contribution in [0.15, 0.2) is 23.3 Å². The van der Waals surface area contributed by atoms with Crippen molar-refractivity contribution in [3.8, 4) is 0 Å². The Morgan fingerprint density at radius 3 is 2.91 bits per heavy atom. The molecule has 0 radical (unpaired) electrons. The van der Waals surface area contributed by atoms with Crippen molar-refractivity contribution in [1.82, 2.24) is 15.6 Å². The van der Waals surface area contributed by atoms with Crippen molar-refractivity contribution in [2.45, 2.75) is 25.8 Å². The van der Waals surface area contributed by atoms with Gasteiger partial charge in [0.2, 0.25) is 0 Å². The quantitative estimate of drug-likeness (QED) is 0.453. The lowest BCUT2D eigenvalue weighted by Crippen LogP contribution is -2.37. The number of aromatic nitrogens is 1. The molecular weight excluding hydrogens is 278 g/mol. The molecule has 1 aliphatic rings. The molecule has 22 heavy (non-hydrogen) atoms. The first kappa shape index (κ1) is 16.5. The molecule has 0 amide bonds. The standard InChI is InChI=1S/C16H27N5O/c1-17-16(19-7-5-11-22-2)20-13-14-6-8-18-15(12-14)21-9-3-4-10-21/h6,8,12H,3-5,7,9-11,13H2,1-2H3,(H2,17,19,20). The molecule has 0 bridgehead atoms. The smallest absolute Gasteiger partial charge is 0.191 e. The van der Waals surface area contributed by atoms with Crippen LogP contribution in [0, 0.1) is 0 Å². The van der Waals surface area contributed by atoms with E-state index in [1.165, 1.54) is 18.4 Å².